The van der Waals surface area contributed by atoms with Gasteiger partial charge in [-0.3, -0.25) is 0 Å². The van der Waals surface area contributed by atoms with Crippen LogP contribution in [0.3, 0.4) is 0 Å². The molecule has 0 aromatic heterocycles. The Morgan fingerprint density at radius 1 is 1.14 bits per heavy atom. The van der Waals surface area contributed by atoms with Crippen LogP contribution in [0.4, 0.5) is 9.18 Å². The fourth-order valence-corrected chi connectivity index (χ4v) is 1.80. The van der Waals surface area contributed by atoms with Crippen molar-refractivity contribution < 1.29 is 19.1 Å². The first-order chi connectivity index (χ1) is 10.5. The number of nitrogens with one attached hydrogen (secondary N) is 1. The summed E-state index contributed by atoms with van der Waals surface area (Å²) in [4.78, 5) is 21.2. The largest absolute Gasteiger partial charge is 0.478 e. The number of rotatable bonds is 4. The van der Waals surface area contributed by atoms with E-state index in [1.54, 1.807) is 24.3 Å². The molecule has 0 heterocycles. The average molecular weight is 301 g/mol. The number of hydrogen-bond donors (Lipinski definition) is 3. The summed E-state index contributed by atoms with van der Waals surface area (Å²) in [5.41, 5.74) is 8.54. The first-order valence-electron chi connectivity index (χ1n) is 6.19. The quantitative estimate of drug-likeness (QED) is 0.595. The van der Waals surface area contributed by atoms with Gasteiger partial charge in [0.1, 0.15) is 5.82 Å². The van der Waals surface area contributed by atoms with E-state index in [-0.39, 0.29) is 5.56 Å². The van der Waals surface area contributed by atoms with Gasteiger partial charge in [0, 0.05) is 0 Å². The second-order valence-corrected chi connectivity index (χ2v) is 4.36. The molecule has 22 heavy (non-hydrogen) atoms. The maximum Gasteiger partial charge on any atom is 0.338 e. The van der Waals surface area contributed by atoms with Crippen molar-refractivity contribution in [2.24, 2.45) is 10.8 Å². The number of benzene rings is 2. The molecule has 0 aliphatic carbocycles. The SMILES string of the molecule is NC(=O)NN=Cc1ccc(-c2ccc(C(=O)O)c(F)c2)cc1. The van der Waals surface area contributed by atoms with E-state index in [2.05, 4.69) is 10.5 Å². The Bertz CT molecular complexity index is 742. The van der Waals surface area contributed by atoms with Crippen LogP contribution in [0.1, 0.15) is 15.9 Å². The second kappa shape index (κ2) is 6.49. The maximum absolute atomic E-state index is 13.7. The van der Waals surface area contributed by atoms with Gasteiger partial charge in [0.15, 0.2) is 0 Å². The van der Waals surface area contributed by atoms with Crippen LogP contribution in [0.15, 0.2) is 47.6 Å². The predicted molar refractivity (Wildman–Crippen MR) is 79.1 cm³/mol. The van der Waals surface area contributed by atoms with E-state index in [0.717, 1.165) is 5.56 Å². The van der Waals surface area contributed by atoms with Gasteiger partial charge in [-0.2, -0.15) is 5.10 Å². The Morgan fingerprint density at radius 3 is 2.32 bits per heavy atom. The molecule has 0 radical (unpaired) electrons. The van der Waals surface area contributed by atoms with E-state index < -0.39 is 17.8 Å². The van der Waals surface area contributed by atoms with Crippen molar-refractivity contribution in [3.63, 3.8) is 0 Å². The number of halogens is 1. The number of hydrogen-bond acceptors (Lipinski definition) is 3. The molecule has 0 atom stereocenters. The summed E-state index contributed by atoms with van der Waals surface area (Å²) in [6, 6.07) is 10.0. The Hall–Kier alpha value is -3.22. The molecule has 0 unspecified atom stereocenters. The number of nitrogens with zero attached hydrogens (tertiary/aromatic N) is 1. The zero-order valence-corrected chi connectivity index (χ0v) is 11.3. The van der Waals surface area contributed by atoms with Crippen molar-refractivity contribution in [1.82, 2.24) is 5.43 Å². The summed E-state index contributed by atoms with van der Waals surface area (Å²) in [6.07, 6.45) is 1.41. The molecule has 2 aromatic carbocycles. The molecule has 2 rings (SSSR count). The molecule has 0 spiro atoms. The number of carbonyl (C=O) groups excluding carboxylic acids is 1. The van der Waals surface area contributed by atoms with E-state index in [1.165, 1.54) is 24.4 Å². The second-order valence-electron chi connectivity index (χ2n) is 4.36. The zero-order valence-electron chi connectivity index (χ0n) is 11.3. The number of primary amides is 1. The number of carboxylic acid groups (broad SMARTS) is 1. The lowest BCUT2D eigenvalue weighted by molar-refractivity contribution is 0.0692. The molecule has 6 nitrogen and oxygen atoms in total. The fraction of sp³-hybridized carbons (Fsp3) is 0. The van der Waals surface area contributed by atoms with Crippen LogP contribution in [-0.4, -0.2) is 23.3 Å². The van der Waals surface area contributed by atoms with E-state index in [9.17, 15) is 14.0 Å². The summed E-state index contributed by atoms with van der Waals surface area (Å²) in [5, 5.41) is 12.4. The van der Waals surface area contributed by atoms with E-state index in [1.807, 2.05) is 0 Å². The molecule has 4 N–H and O–H groups in total. The van der Waals surface area contributed by atoms with Crippen molar-refractivity contribution in [1.29, 1.82) is 0 Å². The van der Waals surface area contributed by atoms with Gasteiger partial charge < -0.3 is 10.8 Å². The lowest BCUT2D eigenvalue weighted by Crippen LogP contribution is -2.24. The highest BCUT2D eigenvalue weighted by atomic mass is 19.1. The van der Waals surface area contributed by atoms with E-state index >= 15 is 0 Å². The van der Waals surface area contributed by atoms with Crippen molar-refractivity contribution in [2.45, 2.75) is 0 Å². The molecule has 0 saturated carbocycles. The van der Waals surface area contributed by atoms with Gasteiger partial charge in [-0.15, -0.1) is 0 Å². The first kappa shape index (κ1) is 15.2. The third-order valence-electron chi connectivity index (χ3n) is 2.83. The third-order valence-corrected chi connectivity index (χ3v) is 2.83. The molecule has 0 aliphatic rings. The maximum atomic E-state index is 13.7. The van der Waals surface area contributed by atoms with E-state index in [4.69, 9.17) is 10.8 Å². The summed E-state index contributed by atoms with van der Waals surface area (Å²) in [7, 11) is 0. The molecule has 2 amide bonds. The van der Waals surface area contributed by atoms with Crippen LogP contribution in [0.25, 0.3) is 11.1 Å². The van der Waals surface area contributed by atoms with Gasteiger partial charge in [0.05, 0.1) is 11.8 Å². The minimum Gasteiger partial charge on any atom is -0.478 e. The minimum atomic E-state index is -1.31. The van der Waals surface area contributed by atoms with Crippen molar-refractivity contribution in [2.75, 3.05) is 0 Å². The van der Waals surface area contributed by atoms with E-state index in [0.29, 0.717) is 11.1 Å². The standard InChI is InChI=1S/C15H12FN3O3/c16-13-7-11(5-6-12(13)14(20)21)10-3-1-9(2-4-10)8-18-19-15(17)22/h1-8H,(H,20,21)(H3,17,19,22). The van der Waals surface area contributed by atoms with Crippen LogP contribution < -0.4 is 11.2 Å². The average Bonchev–Trinajstić information content (AvgIpc) is 2.47. The monoisotopic (exact) mass is 301 g/mol. The molecule has 2 aromatic rings. The van der Waals surface area contributed by atoms with Crippen molar-refractivity contribution >= 4 is 18.2 Å². The number of hydrazone groups is 1. The fourth-order valence-electron chi connectivity index (χ4n) is 1.80. The van der Waals surface area contributed by atoms with Crippen LogP contribution in [-0.2, 0) is 0 Å². The molecule has 0 aliphatic heterocycles. The topological polar surface area (TPSA) is 105 Å². The number of urea groups is 1. The van der Waals surface area contributed by atoms with Crippen LogP contribution in [0.2, 0.25) is 0 Å². The van der Waals surface area contributed by atoms with Crippen molar-refractivity contribution in [3.8, 4) is 11.1 Å². The Labute approximate surface area is 125 Å². The minimum absolute atomic E-state index is 0.370. The molecule has 112 valence electrons. The number of aromatic carboxylic acids is 1. The lowest BCUT2D eigenvalue weighted by Gasteiger charge is -2.04. The molecular weight excluding hydrogens is 289 g/mol. The lowest BCUT2D eigenvalue weighted by atomic mass is 10.0. The van der Waals surface area contributed by atoms with Gasteiger partial charge >= 0.3 is 12.0 Å². The molecular formula is C15H12FN3O3. The van der Waals surface area contributed by atoms with Gasteiger partial charge in [-0.25, -0.2) is 19.4 Å². The molecule has 0 saturated heterocycles. The highest BCUT2D eigenvalue weighted by Gasteiger charge is 2.10. The Kier molecular flexibility index (Phi) is 4.47. The number of nitrogens with two attached hydrogens (primary N) is 1. The Balaban J connectivity index is 2.20. The van der Waals surface area contributed by atoms with Crippen LogP contribution >= 0.6 is 0 Å². The van der Waals surface area contributed by atoms with Gasteiger partial charge in [-0.05, 0) is 28.8 Å². The number of carbonyl (C=O) groups is 2. The van der Waals surface area contributed by atoms with Crippen molar-refractivity contribution in [3.05, 3.63) is 59.4 Å². The molecule has 0 fully saturated rings. The summed E-state index contributed by atoms with van der Waals surface area (Å²) in [5.74, 6) is -2.10. The predicted octanol–water partition coefficient (Wildman–Crippen LogP) is 2.19. The highest BCUT2D eigenvalue weighted by molar-refractivity contribution is 5.89. The first-order valence-corrected chi connectivity index (χ1v) is 6.19. The van der Waals surface area contributed by atoms with Crippen LogP contribution in [0, 0.1) is 5.82 Å². The van der Waals surface area contributed by atoms with Crippen LogP contribution in [0.5, 0.6) is 0 Å². The highest BCUT2D eigenvalue weighted by Crippen LogP contribution is 2.22. The number of carboxylic acids is 1. The van der Waals surface area contributed by atoms with Gasteiger partial charge in [-0.1, -0.05) is 30.3 Å². The normalized spacial score (nSPS) is 10.6. The third kappa shape index (κ3) is 3.66. The van der Waals surface area contributed by atoms with Gasteiger partial charge in [0.25, 0.3) is 0 Å². The smallest absolute Gasteiger partial charge is 0.338 e. The molecule has 0 bridgehead atoms. The summed E-state index contributed by atoms with van der Waals surface area (Å²) >= 11 is 0. The van der Waals surface area contributed by atoms with Gasteiger partial charge in [0.2, 0.25) is 0 Å². The Morgan fingerprint density at radius 2 is 1.77 bits per heavy atom. The zero-order chi connectivity index (χ0) is 16.1. The summed E-state index contributed by atoms with van der Waals surface area (Å²) in [6.45, 7) is 0. The summed E-state index contributed by atoms with van der Waals surface area (Å²) < 4.78 is 13.7. The number of amides is 2. The molecule has 7 heteroatoms.